The van der Waals surface area contributed by atoms with Gasteiger partial charge < -0.3 is 9.84 Å². The summed E-state index contributed by atoms with van der Waals surface area (Å²) in [6, 6.07) is 0. The van der Waals surface area contributed by atoms with Crippen molar-refractivity contribution in [2.24, 2.45) is 45.8 Å². The smallest absolute Gasteiger partial charge is 0.337 e. The molecule has 35 heavy (non-hydrogen) atoms. The van der Waals surface area contributed by atoms with Crippen LogP contribution in [0.15, 0.2) is 22.5 Å². The molecule has 4 aliphatic rings. The fourth-order valence-electron chi connectivity index (χ4n) is 9.50. The number of hydrogen-bond donors (Lipinski definition) is 1. The molecule has 1 fully saturated rings. The Bertz CT molecular complexity index is 896. The van der Waals surface area contributed by atoms with Gasteiger partial charge in [0.15, 0.2) is 0 Å². The molecule has 198 valence electrons. The van der Waals surface area contributed by atoms with Gasteiger partial charge in [0.05, 0.1) is 12.2 Å². The van der Waals surface area contributed by atoms with Crippen LogP contribution in [0.2, 0.25) is 0 Å². The molecule has 0 radical (unpaired) electrons. The Morgan fingerprint density at radius 3 is 2.43 bits per heavy atom. The first-order chi connectivity index (χ1) is 16.4. The molecule has 3 nitrogen and oxygen atoms in total. The minimum Gasteiger partial charge on any atom is -0.511 e. The molecule has 1 saturated carbocycles. The van der Waals surface area contributed by atoms with Crippen molar-refractivity contribution in [3.8, 4) is 0 Å². The van der Waals surface area contributed by atoms with Crippen molar-refractivity contribution in [2.75, 3.05) is 6.61 Å². The van der Waals surface area contributed by atoms with E-state index in [2.05, 4.69) is 48.5 Å². The lowest BCUT2D eigenvalue weighted by atomic mass is 9.45. The number of esters is 1. The van der Waals surface area contributed by atoms with Crippen LogP contribution in [0.5, 0.6) is 0 Å². The molecule has 1 N–H and O–H groups in total. The average Bonchev–Trinajstić information content (AvgIpc) is 3.07. The molecule has 4 rings (SSSR count). The zero-order valence-electron chi connectivity index (χ0n) is 23.9. The van der Waals surface area contributed by atoms with Crippen LogP contribution >= 0.6 is 0 Å². The summed E-state index contributed by atoms with van der Waals surface area (Å²) in [5.41, 5.74) is 4.50. The van der Waals surface area contributed by atoms with E-state index in [1.807, 2.05) is 6.92 Å². The predicted molar refractivity (Wildman–Crippen MR) is 144 cm³/mol. The molecular formula is C32H52O3. The molecular weight excluding hydrogens is 432 g/mol. The quantitative estimate of drug-likeness (QED) is 0.290. The van der Waals surface area contributed by atoms with Crippen molar-refractivity contribution in [2.45, 2.75) is 120 Å². The maximum absolute atomic E-state index is 12.8. The largest absolute Gasteiger partial charge is 0.511 e. The lowest BCUT2D eigenvalue weighted by Gasteiger charge is -2.59. The van der Waals surface area contributed by atoms with Gasteiger partial charge in [0.2, 0.25) is 0 Å². The van der Waals surface area contributed by atoms with E-state index in [4.69, 9.17) is 4.74 Å². The zero-order chi connectivity index (χ0) is 25.8. The van der Waals surface area contributed by atoms with Gasteiger partial charge >= 0.3 is 5.97 Å². The highest BCUT2D eigenvalue weighted by molar-refractivity contribution is 5.89. The maximum atomic E-state index is 12.8. The lowest BCUT2D eigenvalue weighted by Crippen LogP contribution is -2.50. The fourth-order valence-corrected chi connectivity index (χ4v) is 9.50. The van der Waals surface area contributed by atoms with Crippen LogP contribution in [0.25, 0.3) is 0 Å². The molecule has 0 aromatic carbocycles. The third-order valence-electron chi connectivity index (χ3n) is 11.7. The van der Waals surface area contributed by atoms with Crippen molar-refractivity contribution >= 4 is 5.97 Å². The summed E-state index contributed by atoms with van der Waals surface area (Å²) in [6.45, 7) is 19.2. The number of fused-ring (bicyclic) bond motifs is 4. The topological polar surface area (TPSA) is 46.5 Å². The molecule has 0 amide bonds. The molecule has 0 aromatic rings. The van der Waals surface area contributed by atoms with Gasteiger partial charge in [0.25, 0.3) is 0 Å². The highest BCUT2D eigenvalue weighted by Gasteiger charge is 2.62. The number of carbonyl (C=O) groups excluding carboxylic acids is 1. The van der Waals surface area contributed by atoms with Crippen LogP contribution in [0.4, 0.5) is 0 Å². The van der Waals surface area contributed by atoms with Gasteiger partial charge in [0.1, 0.15) is 5.76 Å². The molecule has 4 aliphatic carbocycles. The second-order valence-electron chi connectivity index (χ2n) is 13.8. The Labute approximate surface area is 215 Å². The second kappa shape index (κ2) is 9.56. The Hall–Kier alpha value is -1.25. The molecule has 0 spiro atoms. The van der Waals surface area contributed by atoms with E-state index in [9.17, 15) is 9.90 Å². The molecule has 0 aliphatic heterocycles. The Morgan fingerprint density at radius 2 is 1.77 bits per heavy atom. The van der Waals surface area contributed by atoms with Gasteiger partial charge in [-0.05, 0) is 91.8 Å². The summed E-state index contributed by atoms with van der Waals surface area (Å²) in [7, 11) is 0. The number of hydrogen-bond acceptors (Lipinski definition) is 3. The van der Waals surface area contributed by atoms with Crippen LogP contribution in [0, 0.1) is 45.8 Å². The number of allylic oxidation sites excluding steroid dienone is 3. The van der Waals surface area contributed by atoms with Crippen LogP contribution in [-0.4, -0.2) is 17.7 Å². The van der Waals surface area contributed by atoms with Gasteiger partial charge in [0, 0.05) is 5.92 Å². The summed E-state index contributed by atoms with van der Waals surface area (Å²) in [5, 5.41) is 11.0. The first-order valence-corrected chi connectivity index (χ1v) is 14.7. The van der Waals surface area contributed by atoms with Crippen LogP contribution < -0.4 is 0 Å². The van der Waals surface area contributed by atoms with Gasteiger partial charge in [-0.1, -0.05) is 78.9 Å². The van der Waals surface area contributed by atoms with E-state index in [0.29, 0.717) is 29.9 Å². The maximum Gasteiger partial charge on any atom is 0.337 e. The number of carbonyl (C=O) groups is 1. The number of aliphatic hydroxyl groups is 1. The predicted octanol–water partition coefficient (Wildman–Crippen LogP) is 8.79. The van der Waals surface area contributed by atoms with Crippen molar-refractivity contribution in [1.29, 1.82) is 0 Å². The van der Waals surface area contributed by atoms with Gasteiger partial charge in [-0.2, -0.15) is 0 Å². The van der Waals surface area contributed by atoms with Crippen molar-refractivity contribution < 1.29 is 14.6 Å². The SMILES string of the molecule is CCOC(=O)C1=C(O)[C@@H](C)[C@@H]2CCC3=C(CC[C@]4(C)[C@@H]([C@H](C)CCCC(C)C)CC[C@@]34C)[C@@]2(C)C1. The molecule has 3 heteroatoms. The van der Waals surface area contributed by atoms with Crippen LogP contribution in [-0.2, 0) is 9.53 Å². The third-order valence-corrected chi connectivity index (χ3v) is 11.7. The molecule has 0 saturated heterocycles. The van der Waals surface area contributed by atoms with E-state index in [1.165, 1.54) is 44.9 Å². The van der Waals surface area contributed by atoms with Crippen molar-refractivity contribution in [3.05, 3.63) is 22.5 Å². The van der Waals surface area contributed by atoms with E-state index < -0.39 is 0 Å². The lowest BCUT2D eigenvalue weighted by molar-refractivity contribution is -0.139. The van der Waals surface area contributed by atoms with Gasteiger partial charge in [-0.3, -0.25) is 0 Å². The van der Waals surface area contributed by atoms with E-state index in [0.717, 1.165) is 30.6 Å². The molecule has 0 bridgehead atoms. The summed E-state index contributed by atoms with van der Waals surface area (Å²) in [4.78, 5) is 12.8. The molecule has 0 heterocycles. The van der Waals surface area contributed by atoms with E-state index in [-0.39, 0.29) is 28.5 Å². The summed E-state index contributed by atoms with van der Waals surface area (Å²) in [5.74, 6) is 2.80. The van der Waals surface area contributed by atoms with Gasteiger partial charge in [-0.25, -0.2) is 4.79 Å². The standard InChI is InChI=1S/C32H52O3/c1-9-35-29(34)23-19-30(6)25(22(5)28(23)33)13-14-27-26(30)16-18-31(7)24(15-17-32(27,31)8)21(4)12-10-11-20(2)3/h20-22,24-25,33H,9-19H2,1-8H3/t21-,22+,24-,25+,30+,31-,32+/m1/s1. The van der Waals surface area contributed by atoms with Crippen LogP contribution in [0.1, 0.15) is 120 Å². The minimum absolute atomic E-state index is 0.0145. The van der Waals surface area contributed by atoms with Crippen molar-refractivity contribution in [3.63, 3.8) is 0 Å². The fraction of sp³-hybridized carbons (Fsp3) is 0.844. The Balaban J connectivity index is 1.66. The minimum atomic E-state index is -0.313. The number of ether oxygens (including phenoxy) is 1. The average molecular weight is 485 g/mol. The zero-order valence-corrected chi connectivity index (χ0v) is 23.9. The third kappa shape index (κ3) is 4.11. The summed E-state index contributed by atoms with van der Waals surface area (Å²) >= 11 is 0. The van der Waals surface area contributed by atoms with E-state index in [1.54, 1.807) is 11.1 Å². The molecule has 7 atom stereocenters. The Kier molecular flexibility index (Phi) is 7.32. The Morgan fingerprint density at radius 1 is 1.06 bits per heavy atom. The van der Waals surface area contributed by atoms with E-state index >= 15 is 0 Å². The number of aliphatic hydroxyl groups excluding tert-OH is 1. The molecule has 0 unspecified atom stereocenters. The second-order valence-corrected chi connectivity index (χ2v) is 13.8. The first-order valence-electron chi connectivity index (χ1n) is 14.7. The van der Waals surface area contributed by atoms with Crippen molar-refractivity contribution in [1.82, 2.24) is 0 Å². The number of rotatable bonds is 7. The summed E-state index contributed by atoms with van der Waals surface area (Å²) in [6.07, 6.45) is 12.1. The highest BCUT2D eigenvalue weighted by atomic mass is 16.5. The normalized spacial score (nSPS) is 39.9. The van der Waals surface area contributed by atoms with Gasteiger partial charge in [-0.15, -0.1) is 0 Å². The first kappa shape index (κ1) is 26.8. The highest BCUT2D eigenvalue weighted by Crippen LogP contribution is 2.71. The summed E-state index contributed by atoms with van der Waals surface area (Å²) < 4.78 is 5.38. The monoisotopic (exact) mass is 484 g/mol. The molecule has 0 aromatic heterocycles. The van der Waals surface area contributed by atoms with Crippen LogP contribution in [0.3, 0.4) is 0 Å².